The molecule has 3 nitrogen and oxygen atoms in total. The van der Waals surface area contributed by atoms with Gasteiger partial charge in [0.25, 0.3) is 0 Å². The average Bonchev–Trinajstić information content (AvgIpc) is 2.90. The highest BCUT2D eigenvalue weighted by Gasteiger charge is 2.29. The predicted molar refractivity (Wildman–Crippen MR) is 153 cm³/mol. The fourth-order valence-corrected chi connectivity index (χ4v) is 6.94. The molecule has 1 aromatic carbocycles. The van der Waals surface area contributed by atoms with E-state index in [1.807, 2.05) is 0 Å². The Bertz CT molecular complexity index is 1110. The second-order valence-electron chi connectivity index (χ2n) is 13.4. The third-order valence-corrected chi connectivity index (χ3v) is 8.47. The van der Waals surface area contributed by atoms with Gasteiger partial charge in [0.1, 0.15) is 6.69 Å². The Morgan fingerprint density at radius 1 is 0.706 bits per heavy atom. The molecule has 0 aliphatic carbocycles. The molecular formula is C29H49ClN3P. The maximum Gasteiger partial charge on any atom is 0.166 e. The number of imidazole rings is 1. The van der Waals surface area contributed by atoms with E-state index in [-0.39, 0.29) is 16.2 Å². The molecule has 2 rings (SSSR count). The Balaban J connectivity index is 3.24. The summed E-state index contributed by atoms with van der Waals surface area (Å²) in [6.07, 6.45) is 0. The molecule has 0 saturated carbocycles. The van der Waals surface area contributed by atoms with Crippen LogP contribution in [0.1, 0.15) is 130 Å². The number of benzene rings is 1. The van der Waals surface area contributed by atoms with E-state index >= 15 is 0 Å². The highest BCUT2D eigenvalue weighted by molar-refractivity contribution is 7.69. The zero-order valence-electron chi connectivity index (χ0n) is 24.5. The average molecular weight is 506 g/mol. The summed E-state index contributed by atoms with van der Waals surface area (Å²) in [6, 6.07) is 5.39. The van der Waals surface area contributed by atoms with Crippen molar-refractivity contribution in [2.75, 3.05) is 0 Å². The summed E-state index contributed by atoms with van der Waals surface area (Å²) in [5.74, 6) is 0. The van der Waals surface area contributed by atoms with Crippen LogP contribution in [0, 0.1) is 19.0 Å². The summed E-state index contributed by atoms with van der Waals surface area (Å²) in [7, 11) is 0. The van der Waals surface area contributed by atoms with Gasteiger partial charge in [-0.25, -0.2) is 4.74 Å². The third kappa shape index (κ3) is 5.79. The predicted octanol–water partition coefficient (Wildman–Crippen LogP) is 10.6. The maximum atomic E-state index is 7.35. The van der Waals surface area contributed by atoms with Gasteiger partial charge < -0.3 is 9.13 Å². The van der Waals surface area contributed by atoms with Crippen molar-refractivity contribution in [3.8, 4) is 0 Å². The van der Waals surface area contributed by atoms with Gasteiger partial charge in [-0.1, -0.05) is 74.4 Å². The Morgan fingerprint density at radius 2 is 1.06 bits per heavy atom. The molecule has 0 aliphatic heterocycles. The van der Waals surface area contributed by atoms with E-state index in [0.29, 0.717) is 12.1 Å². The summed E-state index contributed by atoms with van der Waals surface area (Å²) >= 11 is 7.35. The van der Waals surface area contributed by atoms with Crippen LogP contribution in [0.5, 0.6) is 0 Å². The van der Waals surface area contributed by atoms with E-state index < -0.39 is 6.69 Å². The Labute approximate surface area is 214 Å². The number of hydrogen-bond acceptors (Lipinski definition) is 1. The Morgan fingerprint density at radius 3 is 1.32 bits per heavy atom. The zero-order valence-corrected chi connectivity index (χ0v) is 26.1. The van der Waals surface area contributed by atoms with E-state index in [2.05, 4.69) is 125 Å². The van der Waals surface area contributed by atoms with Crippen molar-refractivity contribution < 1.29 is 0 Å². The molecule has 0 radical (unpaired) electrons. The molecule has 0 N–H and O–H groups in total. The lowest BCUT2D eigenvalue weighted by Crippen LogP contribution is -2.21. The van der Waals surface area contributed by atoms with Crippen LogP contribution in [0.15, 0.2) is 16.9 Å². The monoisotopic (exact) mass is 505 g/mol. The third-order valence-electron chi connectivity index (χ3n) is 6.65. The standard InChI is InChI=1S/C29H49ClN3P/c1-18(2)32-20(5)21(6)33(19(3)4)26(32)34(30)31-25-23(28(10,11)12)16-22(27(7,8)9)17-24(25)29(13,14)15/h16-19H,1-15H3. The van der Waals surface area contributed by atoms with Crippen molar-refractivity contribution in [2.24, 2.45) is 4.74 Å². The minimum Gasteiger partial charge on any atom is -0.322 e. The van der Waals surface area contributed by atoms with Gasteiger partial charge >= 0.3 is 0 Å². The fourth-order valence-electron chi connectivity index (χ4n) is 4.63. The first-order chi connectivity index (χ1) is 15.2. The fraction of sp³-hybridized carbons (Fsp3) is 0.690. The number of nitrogens with zero attached hydrogens (tertiary/aromatic N) is 3. The number of hydrogen-bond donors (Lipinski definition) is 0. The molecule has 34 heavy (non-hydrogen) atoms. The van der Waals surface area contributed by atoms with Crippen molar-refractivity contribution in [1.29, 1.82) is 0 Å². The molecule has 0 aliphatic rings. The highest BCUT2D eigenvalue weighted by Crippen LogP contribution is 2.46. The summed E-state index contributed by atoms with van der Waals surface area (Å²) in [5, 5.41) is 1.14. The molecular weight excluding hydrogens is 457 g/mol. The first-order valence-electron chi connectivity index (χ1n) is 12.7. The van der Waals surface area contributed by atoms with Crippen molar-refractivity contribution in [1.82, 2.24) is 9.13 Å². The molecule has 1 aromatic heterocycles. The van der Waals surface area contributed by atoms with Crippen molar-refractivity contribution >= 4 is 23.6 Å². The van der Waals surface area contributed by atoms with Crippen molar-refractivity contribution in [2.45, 2.75) is 132 Å². The molecule has 2 aromatic rings. The van der Waals surface area contributed by atoms with Gasteiger partial charge in [-0.15, -0.1) is 0 Å². The van der Waals surface area contributed by atoms with E-state index in [1.54, 1.807) is 0 Å². The van der Waals surface area contributed by atoms with Crippen LogP contribution in [-0.4, -0.2) is 9.13 Å². The van der Waals surface area contributed by atoms with Crippen LogP contribution in [-0.2, 0) is 16.2 Å². The highest BCUT2D eigenvalue weighted by atomic mass is 35.7. The Kier molecular flexibility index (Phi) is 8.29. The number of halogens is 1. The molecule has 1 unspecified atom stereocenters. The van der Waals surface area contributed by atoms with Crippen LogP contribution in [0.3, 0.4) is 0 Å². The number of rotatable bonds is 3. The zero-order chi connectivity index (χ0) is 26.5. The van der Waals surface area contributed by atoms with Crippen LogP contribution >= 0.6 is 17.9 Å². The van der Waals surface area contributed by atoms with E-state index in [9.17, 15) is 0 Å². The molecule has 1 heterocycles. The molecule has 192 valence electrons. The van der Waals surface area contributed by atoms with Gasteiger partial charge in [-0.05, 0) is 85.7 Å². The van der Waals surface area contributed by atoms with E-state index in [4.69, 9.17) is 16.0 Å². The lowest BCUT2D eigenvalue weighted by Gasteiger charge is -2.32. The summed E-state index contributed by atoms with van der Waals surface area (Å²) in [6.45, 7) is 32.7. The normalized spacial score (nSPS) is 14.0. The largest absolute Gasteiger partial charge is 0.322 e. The summed E-state index contributed by atoms with van der Waals surface area (Å²) in [5.41, 5.74) is 7.52. The molecule has 0 saturated heterocycles. The maximum absolute atomic E-state index is 7.35. The first-order valence-corrected chi connectivity index (χ1v) is 14.9. The van der Waals surface area contributed by atoms with Crippen LogP contribution in [0.2, 0.25) is 0 Å². The van der Waals surface area contributed by atoms with Crippen LogP contribution in [0.4, 0.5) is 5.69 Å². The van der Waals surface area contributed by atoms with Crippen molar-refractivity contribution in [3.05, 3.63) is 45.4 Å². The second kappa shape index (κ2) is 9.70. The molecule has 0 fully saturated rings. The van der Waals surface area contributed by atoms with Crippen LogP contribution < -0.4 is 0 Å². The summed E-state index contributed by atoms with van der Waals surface area (Å²) < 4.78 is 10.2. The lowest BCUT2D eigenvalue weighted by atomic mass is 9.74. The molecule has 1 atom stereocenters. The van der Waals surface area contributed by atoms with Gasteiger partial charge in [-0.3, -0.25) is 0 Å². The molecule has 0 spiro atoms. The molecule has 5 heteroatoms. The smallest absolute Gasteiger partial charge is 0.166 e. The van der Waals surface area contributed by atoms with Crippen molar-refractivity contribution in [3.63, 3.8) is 0 Å². The second-order valence-corrected chi connectivity index (χ2v) is 15.5. The van der Waals surface area contributed by atoms with Gasteiger partial charge in [0.2, 0.25) is 0 Å². The number of aromatic nitrogens is 2. The topological polar surface area (TPSA) is 22.2 Å². The van der Waals surface area contributed by atoms with E-state index in [0.717, 1.165) is 10.9 Å². The lowest BCUT2D eigenvalue weighted by molar-refractivity contribution is 0.531. The quantitative estimate of drug-likeness (QED) is 0.370. The minimum atomic E-state index is -1.30. The van der Waals surface area contributed by atoms with Gasteiger partial charge in [0.15, 0.2) is 5.20 Å². The van der Waals surface area contributed by atoms with Gasteiger partial charge in [0, 0.05) is 23.5 Å². The Hall–Kier alpha value is -1.18. The molecule has 0 amide bonds. The molecule has 0 bridgehead atoms. The minimum absolute atomic E-state index is 0.0486. The van der Waals surface area contributed by atoms with Gasteiger partial charge in [-0.2, -0.15) is 0 Å². The first kappa shape index (κ1) is 29.1. The van der Waals surface area contributed by atoms with E-state index in [1.165, 1.54) is 28.1 Å². The SMILES string of the molecule is Cc1c(C)n(C(C)C)c(=P(Cl)=Nc2c(C(C)(C)C)cc(C(C)(C)C)cc2C(C)(C)C)n1C(C)C. The summed E-state index contributed by atoms with van der Waals surface area (Å²) in [4.78, 5) is 0. The van der Waals surface area contributed by atoms with Crippen LogP contribution in [0.25, 0.3) is 0 Å². The van der Waals surface area contributed by atoms with Gasteiger partial charge in [0.05, 0.1) is 5.69 Å².